The highest BCUT2D eigenvalue weighted by Crippen LogP contribution is 2.52. The fourth-order valence-electron chi connectivity index (χ4n) is 10.1. The molecule has 0 radical (unpaired) electrons. The molecule has 50 heavy (non-hydrogen) atoms. The topological polar surface area (TPSA) is 18.5 Å². The van der Waals surface area contributed by atoms with E-state index in [1.54, 1.807) is 16.8 Å². The van der Waals surface area contributed by atoms with Crippen LogP contribution in [0.4, 0.5) is 0 Å². The minimum absolute atomic E-state index is 0.145. The minimum Gasteiger partial charge on any atom is -0.360 e. The third-order valence-electron chi connectivity index (χ3n) is 12.3. The summed E-state index contributed by atoms with van der Waals surface area (Å²) in [6.45, 7) is 0. The fourth-order valence-corrected chi connectivity index (χ4v) is 10.1. The Balaban J connectivity index is 1.03. The number of hydrogen-bond donors (Lipinski definition) is 1. The zero-order chi connectivity index (χ0) is 33.0. The van der Waals surface area contributed by atoms with Crippen molar-refractivity contribution in [1.29, 1.82) is 0 Å². The molecule has 0 saturated heterocycles. The summed E-state index contributed by atoms with van der Waals surface area (Å²) in [7, 11) is 0. The lowest BCUT2D eigenvalue weighted by Gasteiger charge is -2.42. The third-order valence-corrected chi connectivity index (χ3v) is 12.3. The van der Waals surface area contributed by atoms with Gasteiger partial charge >= 0.3 is 0 Å². The first kappa shape index (κ1) is 30.0. The summed E-state index contributed by atoms with van der Waals surface area (Å²) in [4.78, 5) is 5.55. The van der Waals surface area contributed by atoms with Gasteiger partial charge in [0.15, 0.2) is 0 Å². The van der Waals surface area contributed by atoms with Crippen molar-refractivity contribution < 1.29 is 0 Å². The van der Waals surface area contributed by atoms with Crippen LogP contribution in [0, 0.1) is 11.8 Å². The Morgan fingerprint density at radius 1 is 0.700 bits per heavy atom. The number of rotatable bonds is 5. The SMILES string of the molecule is C1=CCC(N2C3=C(C=CCC3)C3C(C4=CC5=C(CC4)C4C=CC=CC4N5C4CC(c5ccccc5)=CC(c5ccccc5)N4)=CC=CC32)C=C1. The van der Waals surface area contributed by atoms with Crippen molar-refractivity contribution in [3.05, 3.63) is 197 Å². The summed E-state index contributed by atoms with van der Waals surface area (Å²) in [6, 6.07) is 23.3. The van der Waals surface area contributed by atoms with Crippen molar-refractivity contribution >= 4 is 5.57 Å². The van der Waals surface area contributed by atoms with Crippen LogP contribution in [0.25, 0.3) is 5.57 Å². The normalized spacial score (nSPS) is 32.1. The summed E-state index contributed by atoms with van der Waals surface area (Å²) in [5.74, 6) is 0.812. The van der Waals surface area contributed by atoms with Gasteiger partial charge in [-0.1, -0.05) is 146 Å². The Morgan fingerprint density at radius 2 is 1.52 bits per heavy atom. The van der Waals surface area contributed by atoms with Crippen LogP contribution >= 0.6 is 0 Å². The quantitative estimate of drug-likeness (QED) is 0.347. The summed E-state index contributed by atoms with van der Waals surface area (Å²) in [6.07, 6.45) is 42.7. The molecular formula is C47H45N3. The van der Waals surface area contributed by atoms with Crippen LogP contribution in [0.2, 0.25) is 0 Å². The summed E-state index contributed by atoms with van der Waals surface area (Å²) in [5, 5.41) is 4.16. The molecule has 7 unspecified atom stereocenters. The van der Waals surface area contributed by atoms with E-state index in [-0.39, 0.29) is 12.2 Å². The zero-order valence-corrected chi connectivity index (χ0v) is 28.6. The van der Waals surface area contributed by atoms with Gasteiger partial charge in [0.25, 0.3) is 0 Å². The maximum atomic E-state index is 4.16. The molecule has 0 aromatic heterocycles. The van der Waals surface area contributed by atoms with Gasteiger partial charge in [0.2, 0.25) is 0 Å². The van der Waals surface area contributed by atoms with Crippen molar-refractivity contribution in [2.75, 3.05) is 0 Å². The largest absolute Gasteiger partial charge is 0.360 e. The zero-order valence-electron chi connectivity index (χ0n) is 28.6. The van der Waals surface area contributed by atoms with E-state index in [9.17, 15) is 0 Å². The molecular weight excluding hydrogens is 607 g/mol. The number of fused-ring (bicyclic) bond motifs is 4. The predicted octanol–water partition coefficient (Wildman–Crippen LogP) is 9.82. The van der Waals surface area contributed by atoms with E-state index in [0.29, 0.717) is 30.0 Å². The molecule has 2 aromatic carbocycles. The van der Waals surface area contributed by atoms with E-state index in [4.69, 9.17) is 0 Å². The van der Waals surface area contributed by atoms with Gasteiger partial charge in [-0.15, -0.1) is 0 Å². The number of benzene rings is 2. The van der Waals surface area contributed by atoms with E-state index in [0.717, 1.165) is 38.5 Å². The molecule has 3 heterocycles. The molecule has 3 heteroatoms. The van der Waals surface area contributed by atoms with Crippen LogP contribution in [0.1, 0.15) is 55.7 Å². The van der Waals surface area contributed by atoms with Crippen molar-refractivity contribution in [3.63, 3.8) is 0 Å². The molecule has 7 atom stereocenters. The molecule has 3 nitrogen and oxygen atoms in total. The molecule has 2 aromatic rings. The number of allylic oxidation sites excluding steroid dienone is 11. The van der Waals surface area contributed by atoms with Crippen molar-refractivity contribution in [2.24, 2.45) is 11.8 Å². The minimum atomic E-state index is 0.145. The highest BCUT2D eigenvalue weighted by Gasteiger charge is 2.47. The van der Waals surface area contributed by atoms with E-state index < -0.39 is 0 Å². The fraction of sp³-hybridized carbons (Fsp3) is 0.277. The molecule has 0 amide bonds. The van der Waals surface area contributed by atoms with Crippen molar-refractivity contribution in [1.82, 2.24) is 15.1 Å². The van der Waals surface area contributed by atoms with Crippen molar-refractivity contribution in [2.45, 2.75) is 68.9 Å². The number of hydrogen-bond acceptors (Lipinski definition) is 3. The molecule has 248 valence electrons. The molecule has 0 fully saturated rings. The van der Waals surface area contributed by atoms with Crippen molar-refractivity contribution in [3.8, 4) is 0 Å². The summed E-state index contributed by atoms with van der Waals surface area (Å²) < 4.78 is 0. The highest BCUT2D eigenvalue weighted by molar-refractivity contribution is 5.68. The Bertz CT molecular complexity index is 2030. The Hall–Kier alpha value is -4.86. The lowest BCUT2D eigenvalue weighted by Crippen LogP contribution is -2.51. The maximum Gasteiger partial charge on any atom is 0.0850 e. The molecule has 0 saturated carbocycles. The first-order chi connectivity index (χ1) is 24.8. The molecule has 3 aliphatic heterocycles. The van der Waals surface area contributed by atoms with Gasteiger partial charge in [0, 0.05) is 29.7 Å². The first-order valence-corrected chi connectivity index (χ1v) is 18.9. The predicted molar refractivity (Wildman–Crippen MR) is 205 cm³/mol. The van der Waals surface area contributed by atoms with Crippen LogP contribution < -0.4 is 5.32 Å². The molecule has 10 rings (SSSR count). The molecule has 1 N–H and O–H groups in total. The lowest BCUT2D eigenvalue weighted by molar-refractivity contribution is 0.178. The van der Waals surface area contributed by atoms with Crippen LogP contribution in [0.15, 0.2) is 185 Å². The van der Waals surface area contributed by atoms with Gasteiger partial charge in [-0.3, -0.25) is 5.32 Å². The second-order valence-electron chi connectivity index (χ2n) is 14.9. The van der Waals surface area contributed by atoms with Gasteiger partial charge in [-0.05, 0) is 77.2 Å². The highest BCUT2D eigenvalue weighted by atomic mass is 15.3. The Kier molecular flexibility index (Phi) is 7.49. The lowest BCUT2D eigenvalue weighted by atomic mass is 9.75. The standard InChI is InChI=1S/C47H45N3/c1-4-15-32(16-5-1)35-29-41(33-17-6-2-7-18-33)48-46(31-35)50-42-24-12-10-21-38(42)39-28-27-34(30-45(39)50)37-23-14-26-44-47(37)40-22-11-13-25-43(40)49(44)36-19-8-3-9-20-36/h1-12,14-19,21-24,26,29-30,36,38,41-42,44,46-48H,13,20,25,27-28,31H2. The molecule has 0 bridgehead atoms. The van der Waals surface area contributed by atoms with Gasteiger partial charge in [0.05, 0.1) is 30.3 Å². The molecule has 5 aliphatic carbocycles. The van der Waals surface area contributed by atoms with E-state index >= 15 is 0 Å². The van der Waals surface area contributed by atoms with Crippen LogP contribution in [-0.4, -0.2) is 34.1 Å². The Labute approximate surface area is 297 Å². The Morgan fingerprint density at radius 3 is 2.38 bits per heavy atom. The summed E-state index contributed by atoms with van der Waals surface area (Å²) >= 11 is 0. The first-order valence-electron chi connectivity index (χ1n) is 18.9. The van der Waals surface area contributed by atoms with Gasteiger partial charge < -0.3 is 9.80 Å². The number of nitrogens with zero attached hydrogens (tertiary/aromatic N) is 2. The average Bonchev–Trinajstić information content (AvgIpc) is 3.71. The van der Waals surface area contributed by atoms with Gasteiger partial charge in [-0.25, -0.2) is 0 Å². The van der Waals surface area contributed by atoms with Crippen LogP contribution in [0.5, 0.6) is 0 Å². The van der Waals surface area contributed by atoms with Crippen LogP contribution in [0.3, 0.4) is 0 Å². The van der Waals surface area contributed by atoms with E-state index in [1.807, 2.05) is 0 Å². The number of nitrogens with one attached hydrogen (secondary N) is 1. The second kappa shape index (κ2) is 12.5. The average molecular weight is 652 g/mol. The third kappa shape index (κ3) is 4.97. The molecule has 8 aliphatic rings. The van der Waals surface area contributed by atoms with Gasteiger partial charge in [-0.2, -0.15) is 0 Å². The second-order valence-corrected chi connectivity index (χ2v) is 14.9. The smallest absolute Gasteiger partial charge is 0.0850 e. The monoisotopic (exact) mass is 651 g/mol. The molecule has 0 spiro atoms. The van der Waals surface area contributed by atoms with E-state index in [1.165, 1.54) is 33.5 Å². The van der Waals surface area contributed by atoms with Gasteiger partial charge in [0.1, 0.15) is 0 Å². The maximum absolute atomic E-state index is 4.16. The van der Waals surface area contributed by atoms with E-state index in [2.05, 4.69) is 167 Å². The summed E-state index contributed by atoms with van der Waals surface area (Å²) in [5.41, 5.74) is 13.3. The van der Waals surface area contributed by atoms with Crippen LogP contribution in [-0.2, 0) is 0 Å².